The summed E-state index contributed by atoms with van der Waals surface area (Å²) in [6.45, 7) is 7.32. The molecule has 0 radical (unpaired) electrons. The molecule has 0 aliphatic carbocycles. The van der Waals surface area contributed by atoms with Crippen LogP contribution in [0.1, 0.15) is 36.1 Å². The monoisotopic (exact) mass is 388 g/mol. The van der Waals surface area contributed by atoms with Crippen LogP contribution in [0.2, 0.25) is 0 Å². The quantitative estimate of drug-likeness (QED) is 0.845. The van der Waals surface area contributed by atoms with Crippen LogP contribution in [0.5, 0.6) is 11.5 Å². The van der Waals surface area contributed by atoms with E-state index in [0.29, 0.717) is 25.5 Å². The molecule has 2 aliphatic rings. The largest absolute Gasteiger partial charge is 0.486 e. The maximum Gasteiger partial charge on any atom is 0.230 e. The molecule has 0 saturated carbocycles. The lowest BCUT2D eigenvalue weighted by atomic mass is 9.83. The number of ether oxygens (including phenoxy) is 2. The van der Waals surface area contributed by atoms with Crippen molar-refractivity contribution >= 4 is 18.3 Å². The molecule has 27 heavy (non-hydrogen) atoms. The van der Waals surface area contributed by atoms with Crippen molar-refractivity contribution in [3.8, 4) is 11.5 Å². The third-order valence-corrected chi connectivity index (χ3v) is 5.19. The van der Waals surface area contributed by atoms with Crippen molar-refractivity contribution in [1.29, 1.82) is 0 Å². The predicted molar refractivity (Wildman–Crippen MR) is 107 cm³/mol. The molecule has 0 bridgehead atoms. The molecule has 4 rings (SSSR count). The first kappa shape index (κ1) is 19.5. The molecule has 2 N–H and O–H groups in total. The van der Waals surface area contributed by atoms with Gasteiger partial charge in [-0.25, -0.2) is 0 Å². The first-order valence-corrected chi connectivity index (χ1v) is 9.04. The van der Waals surface area contributed by atoms with Gasteiger partial charge in [0.2, 0.25) is 5.91 Å². The van der Waals surface area contributed by atoms with Gasteiger partial charge in [0.1, 0.15) is 13.2 Å². The Morgan fingerprint density at radius 2 is 1.78 bits per heavy atom. The van der Waals surface area contributed by atoms with E-state index in [2.05, 4.69) is 28.8 Å². The molecule has 0 atom stereocenters. The number of halogens is 1. The van der Waals surface area contributed by atoms with Gasteiger partial charge < -0.3 is 20.1 Å². The Balaban J connectivity index is 0.00000210. The summed E-state index contributed by atoms with van der Waals surface area (Å²) in [5.74, 6) is 1.44. The molecule has 0 spiro atoms. The summed E-state index contributed by atoms with van der Waals surface area (Å²) in [6, 6.07) is 12.1. The molecule has 2 aromatic rings. The van der Waals surface area contributed by atoms with Crippen molar-refractivity contribution in [1.82, 2.24) is 10.6 Å². The van der Waals surface area contributed by atoms with Gasteiger partial charge in [0, 0.05) is 19.6 Å². The number of rotatable bonds is 4. The topological polar surface area (TPSA) is 59.6 Å². The van der Waals surface area contributed by atoms with Crippen LogP contribution < -0.4 is 20.1 Å². The molecule has 2 aromatic carbocycles. The van der Waals surface area contributed by atoms with Crippen molar-refractivity contribution in [3.63, 3.8) is 0 Å². The SMILES string of the molecule is CC(C)(C(=O)NCc1ccc2c(c1)CNC2)c1ccc2c(c1)OCCO2.Cl. The fraction of sp³-hybridized carbons (Fsp3) is 0.381. The normalized spacial score (nSPS) is 14.9. The highest BCUT2D eigenvalue weighted by Gasteiger charge is 2.31. The second kappa shape index (κ2) is 7.79. The number of amides is 1. The molecule has 0 unspecified atom stereocenters. The summed E-state index contributed by atoms with van der Waals surface area (Å²) in [5.41, 5.74) is 4.05. The lowest BCUT2D eigenvalue weighted by molar-refractivity contribution is -0.125. The highest BCUT2D eigenvalue weighted by atomic mass is 35.5. The number of hydrogen-bond donors (Lipinski definition) is 2. The number of benzene rings is 2. The minimum Gasteiger partial charge on any atom is -0.486 e. The van der Waals surface area contributed by atoms with Crippen molar-refractivity contribution in [3.05, 3.63) is 58.7 Å². The van der Waals surface area contributed by atoms with Crippen molar-refractivity contribution in [2.45, 2.75) is 38.9 Å². The van der Waals surface area contributed by atoms with E-state index in [0.717, 1.165) is 30.0 Å². The summed E-state index contributed by atoms with van der Waals surface area (Å²) in [7, 11) is 0. The zero-order valence-corrected chi connectivity index (χ0v) is 16.4. The fourth-order valence-electron chi connectivity index (χ4n) is 3.42. The van der Waals surface area contributed by atoms with Gasteiger partial charge in [0.15, 0.2) is 11.5 Å². The molecule has 144 valence electrons. The molecule has 0 fully saturated rings. The van der Waals surface area contributed by atoms with Crippen LogP contribution in [0.25, 0.3) is 0 Å². The maximum atomic E-state index is 12.8. The van der Waals surface area contributed by atoms with Crippen LogP contribution in [0, 0.1) is 0 Å². The lowest BCUT2D eigenvalue weighted by Crippen LogP contribution is -2.39. The Bertz CT molecular complexity index is 851. The van der Waals surface area contributed by atoms with Crippen LogP contribution in [-0.2, 0) is 29.8 Å². The van der Waals surface area contributed by atoms with E-state index < -0.39 is 5.41 Å². The number of hydrogen-bond acceptors (Lipinski definition) is 4. The third-order valence-electron chi connectivity index (χ3n) is 5.19. The number of nitrogens with one attached hydrogen (secondary N) is 2. The smallest absolute Gasteiger partial charge is 0.230 e. The van der Waals surface area contributed by atoms with Gasteiger partial charge in [-0.1, -0.05) is 24.3 Å². The highest BCUT2D eigenvalue weighted by molar-refractivity contribution is 5.87. The van der Waals surface area contributed by atoms with Gasteiger partial charge in [-0.2, -0.15) is 0 Å². The average molecular weight is 389 g/mol. The third kappa shape index (κ3) is 3.89. The van der Waals surface area contributed by atoms with Gasteiger partial charge in [-0.3, -0.25) is 4.79 Å². The lowest BCUT2D eigenvalue weighted by Gasteiger charge is -2.26. The zero-order valence-electron chi connectivity index (χ0n) is 15.6. The Hall–Kier alpha value is -2.24. The van der Waals surface area contributed by atoms with Crippen molar-refractivity contribution in [2.75, 3.05) is 13.2 Å². The van der Waals surface area contributed by atoms with Crippen LogP contribution >= 0.6 is 12.4 Å². The van der Waals surface area contributed by atoms with Crippen LogP contribution in [0.15, 0.2) is 36.4 Å². The number of fused-ring (bicyclic) bond motifs is 2. The first-order valence-electron chi connectivity index (χ1n) is 9.04. The van der Waals surface area contributed by atoms with E-state index >= 15 is 0 Å². The molecule has 0 aromatic heterocycles. The molecular weight excluding hydrogens is 364 g/mol. The fourth-order valence-corrected chi connectivity index (χ4v) is 3.42. The van der Waals surface area contributed by atoms with Gasteiger partial charge >= 0.3 is 0 Å². The Kier molecular flexibility index (Phi) is 5.63. The van der Waals surface area contributed by atoms with Gasteiger partial charge in [0.25, 0.3) is 0 Å². The minimum absolute atomic E-state index is 0. The standard InChI is InChI=1S/C21H24N2O3.ClH/c1-21(2,17-5-6-18-19(10-17)26-8-7-25-18)20(24)23-11-14-3-4-15-12-22-13-16(15)9-14;/h3-6,9-10,22H,7-8,11-13H2,1-2H3,(H,23,24);1H. The minimum atomic E-state index is -0.659. The van der Waals surface area contributed by atoms with E-state index in [1.165, 1.54) is 11.1 Å². The van der Waals surface area contributed by atoms with E-state index in [9.17, 15) is 4.79 Å². The van der Waals surface area contributed by atoms with Crippen LogP contribution in [0.4, 0.5) is 0 Å². The van der Waals surface area contributed by atoms with Crippen LogP contribution in [0.3, 0.4) is 0 Å². The summed E-state index contributed by atoms with van der Waals surface area (Å²) in [4.78, 5) is 12.8. The van der Waals surface area contributed by atoms with Gasteiger partial charge in [-0.15, -0.1) is 12.4 Å². The molecule has 2 aliphatic heterocycles. The Morgan fingerprint density at radius 1 is 1.04 bits per heavy atom. The van der Waals surface area contributed by atoms with E-state index in [1.54, 1.807) is 0 Å². The number of carbonyl (C=O) groups is 1. The molecule has 2 heterocycles. The Morgan fingerprint density at radius 3 is 2.59 bits per heavy atom. The van der Waals surface area contributed by atoms with Gasteiger partial charge in [0.05, 0.1) is 5.41 Å². The van der Waals surface area contributed by atoms with Crippen molar-refractivity contribution < 1.29 is 14.3 Å². The maximum absolute atomic E-state index is 12.8. The highest BCUT2D eigenvalue weighted by Crippen LogP contribution is 2.35. The second-order valence-electron chi connectivity index (χ2n) is 7.37. The zero-order chi connectivity index (χ0) is 18.1. The molecule has 6 heteroatoms. The molecule has 5 nitrogen and oxygen atoms in total. The van der Waals surface area contributed by atoms with Gasteiger partial charge in [-0.05, 0) is 48.2 Å². The summed E-state index contributed by atoms with van der Waals surface area (Å²) in [6.07, 6.45) is 0. The Labute approximate surface area is 165 Å². The molecule has 0 saturated heterocycles. The van der Waals surface area contributed by atoms with E-state index in [1.807, 2.05) is 32.0 Å². The predicted octanol–water partition coefficient (Wildman–Crippen LogP) is 3.08. The summed E-state index contributed by atoms with van der Waals surface area (Å²) < 4.78 is 11.2. The average Bonchev–Trinajstić information content (AvgIpc) is 3.13. The summed E-state index contributed by atoms with van der Waals surface area (Å²) in [5, 5.41) is 6.42. The van der Waals surface area contributed by atoms with E-state index in [4.69, 9.17) is 9.47 Å². The molecule has 1 amide bonds. The van der Waals surface area contributed by atoms with Crippen molar-refractivity contribution in [2.24, 2.45) is 0 Å². The first-order chi connectivity index (χ1) is 12.5. The van der Waals surface area contributed by atoms with Crippen LogP contribution in [-0.4, -0.2) is 19.1 Å². The molecular formula is C21H25ClN2O3. The second-order valence-corrected chi connectivity index (χ2v) is 7.37. The van der Waals surface area contributed by atoms with E-state index in [-0.39, 0.29) is 18.3 Å². The number of carbonyl (C=O) groups excluding carboxylic acids is 1. The summed E-state index contributed by atoms with van der Waals surface area (Å²) >= 11 is 0.